The molecule has 0 aliphatic rings. The van der Waals surface area contributed by atoms with Gasteiger partial charge in [-0.25, -0.2) is 0 Å². The topological polar surface area (TPSA) is 26.3 Å². The molecule has 0 bridgehead atoms. The second-order valence-electron chi connectivity index (χ2n) is 2.96. The number of carbonyl (C=O) groups is 1. The average molecular weight is 243 g/mol. The number of halogens is 1. The van der Waals surface area contributed by atoms with Gasteiger partial charge in [0, 0.05) is 11.4 Å². The minimum atomic E-state index is -0.284. The SMILES string of the molecule is CC(=O)Oc1c(C)cc(Br)cc1C. The molecule has 0 spiro atoms. The minimum Gasteiger partial charge on any atom is -0.426 e. The third kappa shape index (κ3) is 2.56. The molecule has 0 saturated heterocycles. The summed E-state index contributed by atoms with van der Waals surface area (Å²) in [6, 6.07) is 3.84. The van der Waals surface area contributed by atoms with E-state index in [1.165, 1.54) is 6.92 Å². The number of benzene rings is 1. The molecule has 0 saturated carbocycles. The minimum absolute atomic E-state index is 0.284. The lowest BCUT2D eigenvalue weighted by Crippen LogP contribution is -2.04. The average Bonchev–Trinajstić information content (AvgIpc) is 1.96. The first-order valence-corrected chi connectivity index (χ1v) is 4.75. The van der Waals surface area contributed by atoms with Gasteiger partial charge in [-0.2, -0.15) is 0 Å². The van der Waals surface area contributed by atoms with Crippen molar-refractivity contribution in [2.24, 2.45) is 0 Å². The molecule has 0 radical (unpaired) electrons. The molecule has 0 heterocycles. The molecule has 70 valence electrons. The second-order valence-corrected chi connectivity index (χ2v) is 3.88. The van der Waals surface area contributed by atoms with Crippen LogP contribution in [0, 0.1) is 13.8 Å². The Balaban J connectivity index is 3.13. The van der Waals surface area contributed by atoms with E-state index in [-0.39, 0.29) is 5.97 Å². The summed E-state index contributed by atoms with van der Waals surface area (Å²) in [5.41, 5.74) is 1.92. The molecule has 13 heavy (non-hydrogen) atoms. The molecular formula is C10H11BrO2. The molecule has 0 N–H and O–H groups in total. The molecule has 0 atom stereocenters. The normalized spacial score (nSPS) is 9.85. The quantitative estimate of drug-likeness (QED) is 0.559. The van der Waals surface area contributed by atoms with Gasteiger partial charge in [0.1, 0.15) is 5.75 Å². The Labute approximate surface area is 86.0 Å². The van der Waals surface area contributed by atoms with Crippen molar-refractivity contribution in [2.75, 3.05) is 0 Å². The van der Waals surface area contributed by atoms with Crippen LogP contribution in [0.1, 0.15) is 18.1 Å². The van der Waals surface area contributed by atoms with Crippen LogP contribution >= 0.6 is 15.9 Å². The van der Waals surface area contributed by atoms with Crippen molar-refractivity contribution in [1.82, 2.24) is 0 Å². The summed E-state index contributed by atoms with van der Waals surface area (Å²) in [6.07, 6.45) is 0. The van der Waals surface area contributed by atoms with Gasteiger partial charge >= 0.3 is 5.97 Å². The van der Waals surface area contributed by atoms with Crippen molar-refractivity contribution in [3.8, 4) is 5.75 Å². The Hall–Kier alpha value is -0.830. The summed E-state index contributed by atoms with van der Waals surface area (Å²) in [5, 5.41) is 0. The van der Waals surface area contributed by atoms with E-state index in [1.807, 2.05) is 26.0 Å². The highest BCUT2D eigenvalue weighted by molar-refractivity contribution is 9.10. The fourth-order valence-corrected chi connectivity index (χ4v) is 1.89. The van der Waals surface area contributed by atoms with Crippen LogP contribution in [0.25, 0.3) is 0 Å². The summed E-state index contributed by atoms with van der Waals surface area (Å²) in [6.45, 7) is 5.23. The van der Waals surface area contributed by atoms with E-state index in [0.717, 1.165) is 15.6 Å². The fraction of sp³-hybridized carbons (Fsp3) is 0.300. The second kappa shape index (κ2) is 3.92. The van der Waals surface area contributed by atoms with Crippen LogP contribution in [-0.4, -0.2) is 5.97 Å². The first-order valence-electron chi connectivity index (χ1n) is 3.96. The van der Waals surface area contributed by atoms with E-state index < -0.39 is 0 Å². The number of esters is 1. The Morgan fingerprint density at radius 2 is 1.77 bits per heavy atom. The molecule has 2 nitrogen and oxygen atoms in total. The Kier molecular flexibility index (Phi) is 3.09. The summed E-state index contributed by atoms with van der Waals surface area (Å²) in [5.74, 6) is 0.379. The molecule has 0 unspecified atom stereocenters. The van der Waals surface area contributed by atoms with Crippen molar-refractivity contribution in [1.29, 1.82) is 0 Å². The van der Waals surface area contributed by atoms with E-state index in [4.69, 9.17) is 4.74 Å². The zero-order valence-electron chi connectivity index (χ0n) is 7.85. The number of aryl methyl sites for hydroxylation is 2. The van der Waals surface area contributed by atoms with E-state index >= 15 is 0 Å². The first-order chi connectivity index (χ1) is 6.00. The fourth-order valence-electron chi connectivity index (χ4n) is 1.20. The maximum atomic E-state index is 10.8. The molecule has 3 heteroatoms. The van der Waals surface area contributed by atoms with E-state index in [1.54, 1.807) is 0 Å². The molecule has 1 aromatic rings. The maximum Gasteiger partial charge on any atom is 0.308 e. The van der Waals surface area contributed by atoms with Crippen LogP contribution in [0.4, 0.5) is 0 Å². The van der Waals surface area contributed by atoms with Gasteiger partial charge in [-0.1, -0.05) is 15.9 Å². The first kappa shape index (κ1) is 10.3. The number of hydrogen-bond acceptors (Lipinski definition) is 2. The van der Waals surface area contributed by atoms with Crippen LogP contribution in [0.15, 0.2) is 16.6 Å². The van der Waals surface area contributed by atoms with E-state index in [0.29, 0.717) is 5.75 Å². The van der Waals surface area contributed by atoms with Crippen molar-refractivity contribution < 1.29 is 9.53 Å². The smallest absolute Gasteiger partial charge is 0.308 e. The third-order valence-electron chi connectivity index (χ3n) is 1.67. The number of ether oxygens (including phenoxy) is 1. The predicted octanol–water partition coefficient (Wildman–Crippen LogP) is 2.99. The van der Waals surface area contributed by atoms with Crippen LogP contribution in [0.2, 0.25) is 0 Å². The van der Waals surface area contributed by atoms with Gasteiger partial charge in [-0.15, -0.1) is 0 Å². The highest BCUT2D eigenvalue weighted by atomic mass is 79.9. The summed E-state index contributed by atoms with van der Waals surface area (Å²) in [7, 11) is 0. The maximum absolute atomic E-state index is 10.8. The zero-order chi connectivity index (χ0) is 10.0. The summed E-state index contributed by atoms with van der Waals surface area (Å²) >= 11 is 3.37. The monoisotopic (exact) mass is 242 g/mol. The third-order valence-corrected chi connectivity index (χ3v) is 2.13. The van der Waals surface area contributed by atoms with Crippen molar-refractivity contribution >= 4 is 21.9 Å². The Bertz CT molecular complexity index is 322. The van der Waals surface area contributed by atoms with Gasteiger partial charge in [0.15, 0.2) is 0 Å². The van der Waals surface area contributed by atoms with Gasteiger partial charge < -0.3 is 4.74 Å². The van der Waals surface area contributed by atoms with Crippen molar-refractivity contribution in [3.05, 3.63) is 27.7 Å². The van der Waals surface area contributed by atoms with Gasteiger partial charge in [0.2, 0.25) is 0 Å². The molecule has 0 aromatic heterocycles. The molecule has 0 aliphatic carbocycles. The lowest BCUT2D eigenvalue weighted by atomic mass is 10.1. The molecule has 1 rings (SSSR count). The van der Waals surface area contributed by atoms with Gasteiger partial charge in [-0.05, 0) is 37.1 Å². The molecule has 0 aliphatic heterocycles. The van der Waals surface area contributed by atoms with Crippen molar-refractivity contribution in [2.45, 2.75) is 20.8 Å². The molecule has 1 aromatic carbocycles. The summed E-state index contributed by atoms with van der Waals surface area (Å²) < 4.78 is 6.07. The van der Waals surface area contributed by atoms with Gasteiger partial charge in [-0.3, -0.25) is 4.79 Å². The molecule has 0 fully saturated rings. The largest absolute Gasteiger partial charge is 0.426 e. The highest BCUT2D eigenvalue weighted by Gasteiger charge is 2.07. The number of hydrogen-bond donors (Lipinski definition) is 0. The van der Waals surface area contributed by atoms with Crippen LogP contribution in [0.5, 0.6) is 5.75 Å². The molecule has 0 amide bonds. The van der Waals surface area contributed by atoms with E-state index in [2.05, 4.69) is 15.9 Å². The van der Waals surface area contributed by atoms with Crippen LogP contribution in [-0.2, 0) is 4.79 Å². The number of carbonyl (C=O) groups excluding carboxylic acids is 1. The van der Waals surface area contributed by atoms with E-state index in [9.17, 15) is 4.79 Å². The highest BCUT2D eigenvalue weighted by Crippen LogP contribution is 2.27. The van der Waals surface area contributed by atoms with Gasteiger partial charge in [0.25, 0.3) is 0 Å². The van der Waals surface area contributed by atoms with Crippen LogP contribution in [0.3, 0.4) is 0 Å². The zero-order valence-corrected chi connectivity index (χ0v) is 9.44. The standard InChI is InChI=1S/C10H11BrO2/c1-6-4-9(11)5-7(2)10(6)13-8(3)12/h4-5H,1-3H3. The summed E-state index contributed by atoms with van der Waals surface area (Å²) in [4.78, 5) is 10.8. The molecular weight excluding hydrogens is 232 g/mol. The predicted molar refractivity (Wildman–Crippen MR) is 54.9 cm³/mol. The lowest BCUT2D eigenvalue weighted by molar-refractivity contribution is -0.131. The lowest BCUT2D eigenvalue weighted by Gasteiger charge is -2.09. The van der Waals surface area contributed by atoms with Crippen molar-refractivity contribution in [3.63, 3.8) is 0 Å². The van der Waals surface area contributed by atoms with Gasteiger partial charge in [0.05, 0.1) is 0 Å². The Morgan fingerprint density at radius 3 is 2.15 bits per heavy atom. The Morgan fingerprint density at radius 1 is 1.31 bits per heavy atom. The van der Waals surface area contributed by atoms with Crippen LogP contribution < -0.4 is 4.74 Å². The number of rotatable bonds is 1.